The Morgan fingerprint density at radius 1 is 1.06 bits per heavy atom. The summed E-state index contributed by atoms with van der Waals surface area (Å²) < 4.78 is 5.53. The third-order valence-corrected chi connectivity index (χ3v) is 5.59. The van der Waals surface area contributed by atoms with Crippen molar-refractivity contribution in [3.63, 3.8) is 0 Å². The number of rotatable bonds is 8. The number of urea groups is 2. The minimum Gasteiger partial charge on any atom is -0.462 e. The maximum atomic E-state index is 13.0. The quantitative estimate of drug-likeness (QED) is 0.431. The molecule has 0 bridgehead atoms. The summed E-state index contributed by atoms with van der Waals surface area (Å²) in [6, 6.07) is 13.3. The Bertz CT molecular complexity index is 1110. The topological polar surface area (TPSA) is 99.8 Å². The highest BCUT2D eigenvalue weighted by atomic mass is 16.5. The first-order chi connectivity index (χ1) is 16.7. The van der Waals surface area contributed by atoms with E-state index in [4.69, 9.17) is 4.74 Å². The Kier molecular flexibility index (Phi) is 8.52. The first-order valence-corrected chi connectivity index (χ1v) is 11.9. The monoisotopic (exact) mass is 478 g/mol. The zero-order valence-electron chi connectivity index (χ0n) is 21.0. The number of ether oxygens (including phenoxy) is 1. The molecule has 1 heterocycles. The predicted octanol–water partition coefficient (Wildman–Crippen LogP) is 5.59. The molecule has 2 aromatic rings. The summed E-state index contributed by atoms with van der Waals surface area (Å²) in [5.74, 6) is -0.249. The summed E-state index contributed by atoms with van der Waals surface area (Å²) in [6.45, 7) is 10.4. The highest BCUT2D eigenvalue weighted by Crippen LogP contribution is 2.32. The second-order valence-corrected chi connectivity index (χ2v) is 9.10. The normalized spacial score (nSPS) is 15.7. The Morgan fingerprint density at radius 3 is 2.37 bits per heavy atom. The summed E-state index contributed by atoms with van der Waals surface area (Å²) >= 11 is 0. The third-order valence-electron chi connectivity index (χ3n) is 5.59. The average molecular weight is 479 g/mol. The van der Waals surface area contributed by atoms with Gasteiger partial charge in [0.2, 0.25) is 0 Å². The van der Waals surface area contributed by atoms with E-state index < -0.39 is 12.0 Å². The van der Waals surface area contributed by atoms with Crippen molar-refractivity contribution < 1.29 is 19.1 Å². The molecular formula is C27H34N4O4. The first-order valence-electron chi connectivity index (χ1n) is 11.9. The Morgan fingerprint density at radius 2 is 1.74 bits per heavy atom. The van der Waals surface area contributed by atoms with Crippen molar-refractivity contribution in [2.45, 2.75) is 47.1 Å². The van der Waals surface area contributed by atoms with Gasteiger partial charge in [-0.05, 0) is 61.6 Å². The van der Waals surface area contributed by atoms with Gasteiger partial charge < -0.3 is 20.7 Å². The maximum Gasteiger partial charge on any atom is 0.338 e. The number of aryl methyl sites for hydroxylation is 1. The predicted molar refractivity (Wildman–Crippen MR) is 137 cm³/mol. The van der Waals surface area contributed by atoms with Gasteiger partial charge in [0.05, 0.1) is 18.2 Å². The first kappa shape index (κ1) is 25.8. The van der Waals surface area contributed by atoms with Gasteiger partial charge in [-0.25, -0.2) is 14.4 Å². The van der Waals surface area contributed by atoms with Crippen LogP contribution in [-0.2, 0) is 9.53 Å². The second-order valence-electron chi connectivity index (χ2n) is 9.10. The van der Waals surface area contributed by atoms with Gasteiger partial charge in [-0.2, -0.15) is 0 Å². The number of amides is 4. The molecule has 0 aliphatic carbocycles. The fraction of sp³-hybridized carbons (Fsp3) is 0.370. The smallest absolute Gasteiger partial charge is 0.338 e. The Labute approximate surface area is 206 Å². The number of nitrogens with one attached hydrogen (secondary N) is 3. The van der Waals surface area contributed by atoms with Gasteiger partial charge in [-0.15, -0.1) is 0 Å². The van der Waals surface area contributed by atoms with Gasteiger partial charge >= 0.3 is 18.0 Å². The Balaban J connectivity index is 1.80. The number of allylic oxidation sites excluding steroid dienone is 1. The van der Waals surface area contributed by atoms with E-state index in [2.05, 4.69) is 16.0 Å². The molecule has 35 heavy (non-hydrogen) atoms. The molecule has 4 amide bonds. The van der Waals surface area contributed by atoms with E-state index in [0.29, 0.717) is 35.8 Å². The van der Waals surface area contributed by atoms with E-state index in [9.17, 15) is 14.4 Å². The van der Waals surface area contributed by atoms with Crippen molar-refractivity contribution >= 4 is 29.4 Å². The molecular weight excluding hydrogens is 444 g/mol. The van der Waals surface area contributed by atoms with Gasteiger partial charge in [-0.3, -0.25) is 4.90 Å². The number of hydrogen-bond donors (Lipinski definition) is 3. The zero-order chi connectivity index (χ0) is 25.5. The van der Waals surface area contributed by atoms with E-state index in [1.54, 1.807) is 36.1 Å². The number of nitrogens with zero attached hydrogens (tertiary/aromatic N) is 1. The van der Waals surface area contributed by atoms with Crippen molar-refractivity contribution in [3.05, 3.63) is 70.9 Å². The van der Waals surface area contributed by atoms with Gasteiger partial charge in [0.1, 0.15) is 0 Å². The summed E-state index contributed by atoms with van der Waals surface area (Å²) in [6.07, 6.45) is 0.759. The molecule has 8 heteroatoms. The molecule has 2 aromatic carbocycles. The summed E-state index contributed by atoms with van der Waals surface area (Å²) in [4.78, 5) is 39.8. The van der Waals surface area contributed by atoms with E-state index in [0.717, 1.165) is 17.5 Å². The van der Waals surface area contributed by atoms with Crippen molar-refractivity contribution in [1.29, 1.82) is 0 Å². The van der Waals surface area contributed by atoms with Crippen molar-refractivity contribution in [1.82, 2.24) is 10.2 Å². The fourth-order valence-electron chi connectivity index (χ4n) is 3.88. The van der Waals surface area contributed by atoms with Crippen LogP contribution in [-0.4, -0.2) is 36.1 Å². The standard InChI is InChI=1S/C27H34N4O4/c1-6-14-31-19(5)23(25(32)35-16-17(2)3)24(30-27(31)34)20-10-12-21(13-11-20)28-26(33)29-22-9-7-8-18(4)15-22/h7-13,15,17,24H,6,14,16H2,1-5H3,(H,30,34)(H2,28,29,33). The van der Waals surface area contributed by atoms with Crippen LogP contribution in [0.4, 0.5) is 21.0 Å². The molecule has 1 atom stereocenters. The van der Waals surface area contributed by atoms with Crippen LogP contribution in [0.1, 0.15) is 51.3 Å². The maximum absolute atomic E-state index is 13.0. The molecule has 0 aromatic heterocycles. The number of anilines is 2. The molecule has 1 aliphatic rings. The minimum atomic E-state index is -0.648. The molecule has 1 aliphatic heterocycles. The molecule has 8 nitrogen and oxygen atoms in total. The molecule has 0 fully saturated rings. The van der Waals surface area contributed by atoms with Gasteiger partial charge in [-0.1, -0.05) is 45.0 Å². The number of hydrogen-bond acceptors (Lipinski definition) is 4. The van der Waals surface area contributed by atoms with E-state index in [-0.39, 0.29) is 18.0 Å². The molecule has 3 rings (SSSR count). The van der Waals surface area contributed by atoms with Crippen LogP contribution in [0.15, 0.2) is 59.8 Å². The number of esters is 1. The van der Waals surface area contributed by atoms with Crippen LogP contribution >= 0.6 is 0 Å². The lowest BCUT2D eigenvalue weighted by molar-refractivity contribution is -0.140. The molecule has 0 saturated heterocycles. The van der Waals surface area contributed by atoms with Crippen molar-refractivity contribution in [2.75, 3.05) is 23.8 Å². The molecule has 3 N–H and O–H groups in total. The number of carbonyl (C=O) groups is 3. The fourth-order valence-corrected chi connectivity index (χ4v) is 3.88. The average Bonchev–Trinajstić information content (AvgIpc) is 2.80. The highest BCUT2D eigenvalue weighted by Gasteiger charge is 2.36. The van der Waals surface area contributed by atoms with Crippen molar-refractivity contribution in [3.8, 4) is 0 Å². The van der Waals surface area contributed by atoms with E-state index >= 15 is 0 Å². The van der Waals surface area contributed by atoms with Gasteiger partial charge in [0, 0.05) is 23.6 Å². The van der Waals surface area contributed by atoms with Crippen molar-refractivity contribution in [2.24, 2.45) is 5.92 Å². The zero-order valence-corrected chi connectivity index (χ0v) is 21.0. The lowest BCUT2D eigenvalue weighted by atomic mass is 9.94. The largest absolute Gasteiger partial charge is 0.462 e. The molecule has 0 spiro atoms. The minimum absolute atomic E-state index is 0.194. The van der Waals surface area contributed by atoms with E-state index in [1.165, 1.54) is 0 Å². The summed E-state index contributed by atoms with van der Waals surface area (Å²) in [7, 11) is 0. The van der Waals surface area contributed by atoms with Crippen LogP contribution in [0.2, 0.25) is 0 Å². The molecule has 1 unspecified atom stereocenters. The van der Waals surface area contributed by atoms with Crippen LogP contribution in [0.25, 0.3) is 0 Å². The molecule has 0 radical (unpaired) electrons. The molecule has 186 valence electrons. The van der Waals surface area contributed by atoms with Crippen LogP contribution in [0.5, 0.6) is 0 Å². The van der Waals surface area contributed by atoms with Gasteiger partial charge in [0.15, 0.2) is 0 Å². The van der Waals surface area contributed by atoms with Gasteiger partial charge in [0.25, 0.3) is 0 Å². The van der Waals surface area contributed by atoms with Crippen LogP contribution in [0, 0.1) is 12.8 Å². The summed E-state index contributed by atoms with van der Waals surface area (Å²) in [5, 5.41) is 8.54. The highest BCUT2D eigenvalue weighted by molar-refractivity contribution is 6.00. The van der Waals surface area contributed by atoms with E-state index in [1.807, 2.05) is 52.0 Å². The molecule has 0 saturated carbocycles. The Hall–Kier alpha value is -3.81. The lowest BCUT2D eigenvalue weighted by Crippen LogP contribution is -2.48. The number of benzene rings is 2. The summed E-state index contributed by atoms with van der Waals surface area (Å²) in [5.41, 5.74) is 4.05. The van der Waals surface area contributed by atoms with Crippen LogP contribution < -0.4 is 16.0 Å². The van der Waals surface area contributed by atoms with Crippen LogP contribution in [0.3, 0.4) is 0 Å². The second kappa shape index (κ2) is 11.6. The number of carbonyl (C=O) groups excluding carboxylic acids is 3. The third kappa shape index (κ3) is 6.62. The lowest BCUT2D eigenvalue weighted by Gasteiger charge is -2.35. The SMILES string of the molecule is CCCN1C(=O)NC(c2ccc(NC(=O)Nc3cccc(C)c3)cc2)C(C(=O)OCC(C)C)=C1C.